The highest BCUT2D eigenvalue weighted by Crippen LogP contribution is 2.26. The average Bonchev–Trinajstić information content (AvgIpc) is 2.82. The molecule has 3 rings (SSSR count). The number of nitrogens with zero attached hydrogens (tertiary/aromatic N) is 2. The van der Waals surface area contributed by atoms with E-state index in [1.54, 1.807) is 37.1 Å². The Morgan fingerprint density at radius 1 is 0.970 bits per heavy atom. The van der Waals surface area contributed by atoms with Gasteiger partial charge in [0.1, 0.15) is 6.10 Å². The van der Waals surface area contributed by atoms with E-state index in [9.17, 15) is 4.79 Å². The molecule has 0 amide bonds. The average molecular weight is 562 g/mol. The number of ether oxygens (including phenoxy) is 2. The number of methoxy groups -OCH3 is 1. The molecule has 0 aliphatic carbocycles. The normalized spacial score (nSPS) is 11.8. The van der Waals surface area contributed by atoms with E-state index in [0.717, 1.165) is 11.1 Å². The second-order valence-corrected chi connectivity index (χ2v) is 7.37. The molecule has 0 aliphatic rings. The molecule has 1 atom stereocenters. The van der Waals surface area contributed by atoms with Crippen molar-refractivity contribution in [3.8, 4) is 11.5 Å². The van der Waals surface area contributed by atoms with Gasteiger partial charge in [0, 0.05) is 25.9 Å². The summed E-state index contributed by atoms with van der Waals surface area (Å²) in [5.41, 5.74) is 2.19. The van der Waals surface area contributed by atoms with Crippen molar-refractivity contribution in [1.29, 1.82) is 0 Å². The van der Waals surface area contributed by atoms with Gasteiger partial charge < -0.3 is 24.7 Å². The quantitative estimate of drug-likeness (QED) is 0.237. The summed E-state index contributed by atoms with van der Waals surface area (Å²) in [6.45, 7) is 3.76. The number of nitrogens with one attached hydrogen (secondary N) is 2. The maximum atomic E-state index is 11.9. The molecule has 0 radical (unpaired) electrons. The summed E-state index contributed by atoms with van der Waals surface area (Å²) in [5.74, 6) is 2.12. The highest BCUT2D eigenvalue weighted by molar-refractivity contribution is 14.0. The van der Waals surface area contributed by atoms with Gasteiger partial charge in [-0.3, -0.25) is 9.79 Å². The summed E-state index contributed by atoms with van der Waals surface area (Å²) in [4.78, 5) is 16.1. The zero-order valence-corrected chi connectivity index (χ0v) is 21.5. The predicted molar refractivity (Wildman–Crippen MR) is 143 cm³/mol. The van der Waals surface area contributed by atoms with Crippen molar-refractivity contribution >= 4 is 29.9 Å². The Hall–Kier alpha value is -3.01. The molecule has 0 aliphatic heterocycles. The number of benzene rings is 2. The lowest BCUT2D eigenvalue weighted by Gasteiger charge is -2.19. The lowest BCUT2D eigenvalue weighted by molar-refractivity contribution is 0.213. The van der Waals surface area contributed by atoms with Crippen molar-refractivity contribution in [3.63, 3.8) is 0 Å². The lowest BCUT2D eigenvalue weighted by atomic mass is 10.1. The molecule has 3 aromatic rings. The van der Waals surface area contributed by atoms with Gasteiger partial charge in [-0.15, -0.1) is 24.0 Å². The standard InChI is InChI=1S/C25H30N4O3.HI/c1-19(32-23-9-5-4-8-22(23)31-3)16-27-25(26-2)28-17-20-11-13-21(14-12-20)18-29-15-7-6-10-24(29)30;/h4-15,19H,16-18H2,1-3H3,(H2,26,27,28);1H. The number of halogens is 1. The third kappa shape index (κ3) is 8.12. The van der Waals surface area contributed by atoms with Gasteiger partial charge in [0.2, 0.25) is 0 Å². The summed E-state index contributed by atoms with van der Waals surface area (Å²) in [5, 5.41) is 6.59. The zero-order chi connectivity index (χ0) is 22.8. The van der Waals surface area contributed by atoms with Gasteiger partial charge in [-0.2, -0.15) is 0 Å². The van der Waals surface area contributed by atoms with Crippen LogP contribution in [0.5, 0.6) is 11.5 Å². The molecule has 0 saturated carbocycles. The summed E-state index contributed by atoms with van der Waals surface area (Å²) in [7, 11) is 3.37. The van der Waals surface area contributed by atoms with Gasteiger partial charge in [0.05, 0.1) is 20.2 Å². The fraction of sp³-hybridized carbons (Fsp3) is 0.280. The zero-order valence-electron chi connectivity index (χ0n) is 19.2. The topological polar surface area (TPSA) is 76.9 Å². The van der Waals surface area contributed by atoms with E-state index in [1.807, 2.05) is 49.4 Å². The van der Waals surface area contributed by atoms with Crippen LogP contribution in [0.3, 0.4) is 0 Å². The van der Waals surface area contributed by atoms with Crippen molar-refractivity contribution < 1.29 is 9.47 Å². The van der Waals surface area contributed by atoms with Crippen LogP contribution in [0.1, 0.15) is 18.1 Å². The van der Waals surface area contributed by atoms with Gasteiger partial charge >= 0.3 is 0 Å². The summed E-state index contributed by atoms with van der Waals surface area (Å²) in [6.07, 6.45) is 1.72. The Labute approximate surface area is 211 Å². The van der Waals surface area contributed by atoms with E-state index in [-0.39, 0.29) is 35.6 Å². The molecule has 2 aromatic carbocycles. The molecule has 0 saturated heterocycles. The Balaban J connectivity index is 0.00000385. The third-order valence-electron chi connectivity index (χ3n) is 4.91. The van der Waals surface area contributed by atoms with E-state index in [2.05, 4.69) is 27.8 Å². The van der Waals surface area contributed by atoms with E-state index in [1.165, 1.54) is 0 Å². The van der Waals surface area contributed by atoms with Crippen molar-refractivity contribution in [3.05, 3.63) is 94.4 Å². The predicted octanol–water partition coefficient (Wildman–Crippen LogP) is 3.66. The second-order valence-electron chi connectivity index (χ2n) is 7.37. The molecule has 1 aromatic heterocycles. The van der Waals surface area contributed by atoms with E-state index in [4.69, 9.17) is 9.47 Å². The molecule has 7 nitrogen and oxygen atoms in total. The number of para-hydroxylation sites is 2. The highest BCUT2D eigenvalue weighted by atomic mass is 127. The number of pyridine rings is 1. The van der Waals surface area contributed by atoms with E-state index in [0.29, 0.717) is 37.1 Å². The third-order valence-corrected chi connectivity index (χ3v) is 4.91. The van der Waals surface area contributed by atoms with Gasteiger partial charge in [0.25, 0.3) is 5.56 Å². The minimum absolute atomic E-state index is 0. The maximum absolute atomic E-state index is 11.9. The van der Waals surface area contributed by atoms with Crippen molar-refractivity contribution in [2.24, 2.45) is 4.99 Å². The Kier molecular flexibility index (Phi) is 10.8. The van der Waals surface area contributed by atoms with Crippen molar-refractivity contribution in [2.75, 3.05) is 20.7 Å². The van der Waals surface area contributed by atoms with Crippen LogP contribution in [0.15, 0.2) is 82.7 Å². The first kappa shape index (κ1) is 26.2. The van der Waals surface area contributed by atoms with Crippen LogP contribution in [-0.2, 0) is 13.1 Å². The molecule has 0 spiro atoms. The summed E-state index contributed by atoms with van der Waals surface area (Å²) < 4.78 is 13.0. The van der Waals surface area contributed by atoms with Crippen LogP contribution in [0.25, 0.3) is 0 Å². The summed E-state index contributed by atoms with van der Waals surface area (Å²) >= 11 is 0. The molecular weight excluding hydrogens is 531 g/mol. The molecule has 0 fully saturated rings. The van der Waals surface area contributed by atoms with E-state index >= 15 is 0 Å². The van der Waals surface area contributed by atoms with Crippen LogP contribution < -0.4 is 25.7 Å². The Morgan fingerprint density at radius 3 is 2.30 bits per heavy atom. The van der Waals surface area contributed by atoms with Gasteiger partial charge in [-0.05, 0) is 36.2 Å². The van der Waals surface area contributed by atoms with Crippen LogP contribution >= 0.6 is 24.0 Å². The largest absolute Gasteiger partial charge is 0.493 e. The van der Waals surface area contributed by atoms with Gasteiger partial charge in [-0.1, -0.05) is 42.5 Å². The number of aromatic nitrogens is 1. The fourth-order valence-electron chi connectivity index (χ4n) is 3.17. The van der Waals surface area contributed by atoms with Gasteiger partial charge in [0.15, 0.2) is 17.5 Å². The monoisotopic (exact) mass is 562 g/mol. The minimum atomic E-state index is -0.0782. The molecule has 33 heavy (non-hydrogen) atoms. The van der Waals surface area contributed by atoms with E-state index < -0.39 is 0 Å². The number of hydrogen-bond donors (Lipinski definition) is 2. The SMILES string of the molecule is CN=C(NCc1ccc(Cn2ccccc2=O)cc1)NCC(C)Oc1ccccc1OC.I. The Morgan fingerprint density at radius 2 is 1.64 bits per heavy atom. The first-order valence-corrected chi connectivity index (χ1v) is 10.6. The molecule has 2 N–H and O–H groups in total. The van der Waals surface area contributed by atoms with Crippen molar-refractivity contribution in [2.45, 2.75) is 26.1 Å². The molecular formula is C25H31IN4O3. The lowest BCUT2D eigenvalue weighted by Crippen LogP contribution is -2.41. The smallest absolute Gasteiger partial charge is 0.250 e. The van der Waals surface area contributed by atoms with Crippen LogP contribution in [0.4, 0.5) is 0 Å². The summed E-state index contributed by atoms with van der Waals surface area (Å²) in [6, 6.07) is 21.0. The van der Waals surface area contributed by atoms with Crippen molar-refractivity contribution in [1.82, 2.24) is 15.2 Å². The van der Waals surface area contributed by atoms with Crippen LogP contribution in [0, 0.1) is 0 Å². The molecule has 0 bridgehead atoms. The molecule has 8 heteroatoms. The molecule has 1 heterocycles. The van der Waals surface area contributed by atoms with Gasteiger partial charge in [-0.25, -0.2) is 0 Å². The van der Waals surface area contributed by atoms with Crippen LogP contribution in [0.2, 0.25) is 0 Å². The fourth-order valence-corrected chi connectivity index (χ4v) is 3.17. The van der Waals surface area contributed by atoms with Crippen LogP contribution in [-0.4, -0.2) is 37.3 Å². The number of guanidine groups is 1. The number of aliphatic imine (C=N–C) groups is 1. The minimum Gasteiger partial charge on any atom is -0.493 e. The molecule has 176 valence electrons. The number of hydrogen-bond acceptors (Lipinski definition) is 4. The second kappa shape index (κ2) is 13.5. The first-order valence-electron chi connectivity index (χ1n) is 10.6. The first-order chi connectivity index (χ1) is 15.6. The molecule has 1 unspecified atom stereocenters. The maximum Gasteiger partial charge on any atom is 0.250 e. The Bertz CT molecular complexity index is 1080. The highest BCUT2D eigenvalue weighted by Gasteiger charge is 2.09. The number of rotatable bonds is 9.